The SMILES string of the molecule is CCCN(CCBr)C(=O)c1cccc([N+](=O)[O-])c1C. The van der Waals surface area contributed by atoms with Crippen LogP contribution in [0.3, 0.4) is 0 Å². The fraction of sp³-hybridized carbons (Fsp3) is 0.462. The summed E-state index contributed by atoms with van der Waals surface area (Å²) in [6, 6.07) is 4.61. The van der Waals surface area contributed by atoms with E-state index in [0.29, 0.717) is 29.5 Å². The first-order valence-corrected chi connectivity index (χ1v) is 7.24. The molecule has 1 amide bonds. The van der Waals surface area contributed by atoms with E-state index in [4.69, 9.17) is 0 Å². The van der Waals surface area contributed by atoms with Gasteiger partial charge < -0.3 is 4.90 Å². The van der Waals surface area contributed by atoms with Crippen LogP contribution in [0.15, 0.2) is 18.2 Å². The molecule has 104 valence electrons. The second-order valence-electron chi connectivity index (χ2n) is 4.19. The zero-order valence-electron chi connectivity index (χ0n) is 11.1. The van der Waals surface area contributed by atoms with E-state index >= 15 is 0 Å². The van der Waals surface area contributed by atoms with Gasteiger partial charge in [0.2, 0.25) is 0 Å². The first-order valence-electron chi connectivity index (χ1n) is 6.12. The quantitative estimate of drug-likeness (QED) is 0.457. The number of hydrogen-bond donors (Lipinski definition) is 0. The fourth-order valence-electron chi connectivity index (χ4n) is 1.91. The van der Waals surface area contributed by atoms with Crippen molar-refractivity contribution in [2.24, 2.45) is 0 Å². The zero-order chi connectivity index (χ0) is 14.4. The number of nitro benzene ring substituents is 1. The molecule has 0 N–H and O–H groups in total. The summed E-state index contributed by atoms with van der Waals surface area (Å²) in [5.41, 5.74) is 0.818. The van der Waals surface area contributed by atoms with Crippen LogP contribution < -0.4 is 0 Å². The molecule has 0 aliphatic heterocycles. The monoisotopic (exact) mass is 328 g/mol. The Labute approximate surface area is 120 Å². The van der Waals surface area contributed by atoms with Crippen molar-refractivity contribution in [3.63, 3.8) is 0 Å². The average Bonchev–Trinajstić information content (AvgIpc) is 2.37. The first-order chi connectivity index (χ1) is 9.02. The van der Waals surface area contributed by atoms with Gasteiger partial charge in [0, 0.05) is 35.6 Å². The molecule has 5 nitrogen and oxygen atoms in total. The first kappa shape index (κ1) is 15.6. The summed E-state index contributed by atoms with van der Waals surface area (Å²) >= 11 is 3.31. The van der Waals surface area contributed by atoms with Gasteiger partial charge in [0.05, 0.1) is 4.92 Å². The Balaban J connectivity index is 3.10. The Morgan fingerprint density at radius 3 is 2.63 bits per heavy atom. The Hall–Kier alpha value is -1.43. The molecule has 0 heterocycles. The predicted octanol–water partition coefficient (Wildman–Crippen LogP) is 3.15. The molecule has 1 aromatic carbocycles. The molecule has 0 saturated heterocycles. The summed E-state index contributed by atoms with van der Waals surface area (Å²) in [5.74, 6) is -0.150. The van der Waals surface area contributed by atoms with Gasteiger partial charge >= 0.3 is 0 Å². The minimum atomic E-state index is -0.458. The molecule has 0 fully saturated rings. The topological polar surface area (TPSA) is 63.5 Å². The third-order valence-electron chi connectivity index (χ3n) is 2.87. The van der Waals surface area contributed by atoms with E-state index in [1.807, 2.05) is 6.92 Å². The number of nitro groups is 1. The van der Waals surface area contributed by atoms with E-state index in [-0.39, 0.29) is 11.6 Å². The second-order valence-corrected chi connectivity index (χ2v) is 4.98. The van der Waals surface area contributed by atoms with Crippen LogP contribution in [0.5, 0.6) is 0 Å². The number of halogens is 1. The summed E-state index contributed by atoms with van der Waals surface area (Å²) in [4.78, 5) is 24.5. The molecular formula is C13H17BrN2O3. The smallest absolute Gasteiger partial charge is 0.273 e. The van der Waals surface area contributed by atoms with Crippen LogP contribution in [0.1, 0.15) is 29.3 Å². The lowest BCUT2D eigenvalue weighted by Crippen LogP contribution is -2.33. The molecule has 1 aromatic rings. The van der Waals surface area contributed by atoms with Gasteiger partial charge in [0.25, 0.3) is 11.6 Å². The lowest BCUT2D eigenvalue weighted by atomic mass is 10.1. The normalized spacial score (nSPS) is 10.3. The van der Waals surface area contributed by atoms with E-state index in [2.05, 4.69) is 15.9 Å². The van der Waals surface area contributed by atoms with Crippen LogP contribution in [0.25, 0.3) is 0 Å². The second kappa shape index (κ2) is 7.23. The Morgan fingerprint density at radius 1 is 1.42 bits per heavy atom. The number of carbonyl (C=O) groups is 1. The number of nitrogens with zero attached hydrogens (tertiary/aromatic N) is 2. The number of hydrogen-bond acceptors (Lipinski definition) is 3. The number of amides is 1. The molecule has 1 rings (SSSR count). The summed E-state index contributed by atoms with van der Waals surface area (Å²) < 4.78 is 0. The average molecular weight is 329 g/mol. The molecule has 0 spiro atoms. The van der Waals surface area contributed by atoms with E-state index in [1.54, 1.807) is 24.0 Å². The van der Waals surface area contributed by atoms with Crippen molar-refractivity contribution in [2.75, 3.05) is 18.4 Å². The largest absolute Gasteiger partial charge is 0.338 e. The van der Waals surface area contributed by atoms with Crippen LogP contribution in [0, 0.1) is 17.0 Å². The van der Waals surface area contributed by atoms with E-state index < -0.39 is 4.92 Å². The highest BCUT2D eigenvalue weighted by Gasteiger charge is 2.21. The van der Waals surface area contributed by atoms with E-state index in [0.717, 1.165) is 6.42 Å². The molecule has 19 heavy (non-hydrogen) atoms. The van der Waals surface area contributed by atoms with Gasteiger partial charge in [-0.05, 0) is 19.4 Å². The standard InChI is InChI=1S/C13H17BrN2O3/c1-3-8-15(9-7-14)13(17)11-5-4-6-12(10(11)2)16(18)19/h4-6H,3,7-9H2,1-2H3. The Kier molecular flexibility index (Phi) is 5.95. The van der Waals surface area contributed by atoms with Crippen LogP contribution in [-0.2, 0) is 0 Å². The highest BCUT2D eigenvalue weighted by Crippen LogP contribution is 2.22. The molecule has 0 atom stereocenters. The van der Waals surface area contributed by atoms with Gasteiger partial charge in [-0.1, -0.05) is 28.9 Å². The molecular weight excluding hydrogens is 312 g/mol. The molecule has 0 aliphatic carbocycles. The van der Waals surface area contributed by atoms with Crippen molar-refractivity contribution in [2.45, 2.75) is 20.3 Å². The van der Waals surface area contributed by atoms with Gasteiger partial charge in [-0.2, -0.15) is 0 Å². The van der Waals surface area contributed by atoms with Gasteiger partial charge in [-0.15, -0.1) is 0 Å². The Morgan fingerprint density at radius 2 is 2.11 bits per heavy atom. The van der Waals surface area contributed by atoms with Crippen molar-refractivity contribution >= 4 is 27.5 Å². The zero-order valence-corrected chi connectivity index (χ0v) is 12.6. The maximum absolute atomic E-state index is 12.4. The Bertz CT molecular complexity index is 471. The molecule has 6 heteroatoms. The van der Waals surface area contributed by atoms with Crippen molar-refractivity contribution in [1.82, 2.24) is 4.90 Å². The molecule has 0 unspecified atom stereocenters. The van der Waals surface area contributed by atoms with Crippen LogP contribution >= 0.6 is 15.9 Å². The van der Waals surface area contributed by atoms with Gasteiger partial charge in [0.15, 0.2) is 0 Å². The number of benzene rings is 1. The highest BCUT2D eigenvalue weighted by atomic mass is 79.9. The minimum absolute atomic E-state index is 0.0128. The predicted molar refractivity (Wildman–Crippen MR) is 77.8 cm³/mol. The third kappa shape index (κ3) is 3.76. The molecule has 0 bridgehead atoms. The summed E-state index contributed by atoms with van der Waals surface area (Å²) in [6.45, 7) is 4.85. The van der Waals surface area contributed by atoms with E-state index in [1.165, 1.54) is 6.07 Å². The molecule has 0 aliphatic rings. The minimum Gasteiger partial charge on any atom is -0.338 e. The molecule has 0 radical (unpaired) electrons. The summed E-state index contributed by atoms with van der Waals surface area (Å²) in [5, 5.41) is 11.6. The van der Waals surface area contributed by atoms with Gasteiger partial charge in [-0.25, -0.2) is 0 Å². The molecule has 0 saturated carbocycles. The van der Waals surface area contributed by atoms with Gasteiger partial charge in [-0.3, -0.25) is 14.9 Å². The third-order valence-corrected chi connectivity index (χ3v) is 3.22. The lowest BCUT2D eigenvalue weighted by molar-refractivity contribution is -0.385. The van der Waals surface area contributed by atoms with Crippen molar-refractivity contribution < 1.29 is 9.72 Å². The lowest BCUT2D eigenvalue weighted by Gasteiger charge is -2.21. The molecule has 0 aromatic heterocycles. The van der Waals surface area contributed by atoms with Crippen molar-refractivity contribution in [3.8, 4) is 0 Å². The number of alkyl halides is 1. The van der Waals surface area contributed by atoms with Crippen LogP contribution in [0.4, 0.5) is 5.69 Å². The summed E-state index contributed by atoms with van der Waals surface area (Å²) in [6.07, 6.45) is 0.854. The van der Waals surface area contributed by atoms with Crippen molar-refractivity contribution in [3.05, 3.63) is 39.4 Å². The highest BCUT2D eigenvalue weighted by molar-refractivity contribution is 9.09. The maximum atomic E-state index is 12.4. The van der Waals surface area contributed by atoms with E-state index in [9.17, 15) is 14.9 Å². The van der Waals surface area contributed by atoms with Crippen molar-refractivity contribution in [1.29, 1.82) is 0 Å². The maximum Gasteiger partial charge on any atom is 0.273 e. The number of rotatable bonds is 6. The fourth-order valence-corrected chi connectivity index (χ4v) is 2.34. The van der Waals surface area contributed by atoms with Crippen LogP contribution in [-0.4, -0.2) is 34.2 Å². The van der Waals surface area contributed by atoms with Gasteiger partial charge in [0.1, 0.15) is 0 Å². The number of carbonyl (C=O) groups excluding carboxylic acids is 1. The summed E-state index contributed by atoms with van der Waals surface area (Å²) in [7, 11) is 0. The van der Waals surface area contributed by atoms with Crippen LogP contribution in [0.2, 0.25) is 0 Å².